The van der Waals surface area contributed by atoms with Crippen molar-refractivity contribution in [1.29, 1.82) is 0 Å². The fourth-order valence-electron chi connectivity index (χ4n) is 2.10. The Bertz CT molecular complexity index is 407. The van der Waals surface area contributed by atoms with Gasteiger partial charge < -0.3 is 9.88 Å². The van der Waals surface area contributed by atoms with Crippen molar-refractivity contribution in [2.45, 2.75) is 32.2 Å². The van der Waals surface area contributed by atoms with Crippen LogP contribution < -0.4 is 0 Å². The van der Waals surface area contributed by atoms with Crippen LogP contribution in [-0.4, -0.2) is 33.7 Å². The summed E-state index contributed by atoms with van der Waals surface area (Å²) < 4.78 is 0. The predicted octanol–water partition coefficient (Wildman–Crippen LogP) is 1.60. The minimum absolute atomic E-state index is 0.0944. The molecule has 1 amide bonds. The Morgan fingerprint density at radius 3 is 2.88 bits per heavy atom. The summed E-state index contributed by atoms with van der Waals surface area (Å²) in [6.45, 7) is 4.28. The number of aromatic nitrogens is 1. The van der Waals surface area contributed by atoms with Gasteiger partial charge in [-0.05, 0) is 32.4 Å². The number of piperidine rings is 1. The summed E-state index contributed by atoms with van der Waals surface area (Å²) in [4.78, 5) is 28.5. The molecular formula is C12H16N2O2. The van der Waals surface area contributed by atoms with Gasteiger partial charge >= 0.3 is 0 Å². The van der Waals surface area contributed by atoms with Crippen molar-refractivity contribution in [3.05, 3.63) is 24.0 Å². The summed E-state index contributed by atoms with van der Waals surface area (Å²) in [5.74, 6) is 0.0432. The van der Waals surface area contributed by atoms with E-state index >= 15 is 0 Å². The number of carbonyl (C=O) groups excluding carboxylic acids is 2. The summed E-state index contributed by atoms with van der Waals surface area (Å²) in [6, 6.07) is 3.52. The van der Waals surface area contributed by atoms with Crippen molar-refractivity contribution in [2.24, 2.45) is 0 Å². The van der Waals surface area contributed by atoms with E-state index in [0.717, 1.165) is 6.42 Å². The van der Waals surface area contributed by atoms with E-state index in [1.54, 1.807) is 23.2 Å². The zero-order valence-corrected chi connectivity index (χ0v) is 9.62. The van der Waals surface area contributed by atoms with E-state index in [9.17, 15) is 9.59 Å². The Hall–Kier alpha value is -1.58. The molecule has 4 heteroatoms. The molecule has 86 valence electrons. The molecule has 0 saturated carbocycles. The lowest BCUT2D eigenvalue weighted by Gasteiger charge is -2.40. The van der Waals surface area contributed by atoms with Crippen LogP contribution in [0.5, 0.6) is 0 Å². The van der Waals surface area contributed by atoms with Crippen LogP contribution in [0.2, 0.25) is 0 Å². The second-order valence-corrected chi connectivity index (χ2v) is 4.63. The largest absolute Gasteiger partial charge is 0.357 e. The SMILES string of the molecule is CC1(C)C(=O)CCCN1C(=O)c1ccc[nH]1. The maximum atomic E-state index is 12.2. The molecule has 1 aromatic heterocycles. The first kappa shape index (κ1) is 10.9. The Balaban J connectivity index is 2.26. The number of likely N-dealkylation sites (tertiary alicyclic amines) is 1. The monoisotopic (exact) mass is 220 g/mol. The molecule has 0 radical (unpaired) electrons. The van der Waals surface area contributed by atoms with Gasteiger partial charge in [-0.3, -0.25) is 9.59 Å². The van der Waals surface area contributed by atoms with E-state index in [1.807, 2.05) is 13.8 Å². The van der Waals surface area contributed by atoms with Crippen molar-refractivity contribution >= 4 is 11.7 Å². The van der Waals surface area contributed by atoms with Crippen LogP contribution in [0.25, 0.3) is 0 Å². The molecule has 0 unspecified atom stereocenters. The highest BCUT2D eigenvalue weighted by atomic mass is 16.2. The van der Waals surface area contributed by atoms with E-state index in [4.69, 9.17) is 0 Å². The number of amides is 1. The average Bonchev–Trinajstić information content (AvgIpc) is 2.74. The normalized spacial score (nSPS) is 19.9. The number of aromatic amines is 1. The van der Waals surface area contributed by atoms with E-state index in [-0.39, 0.29) is 11.7 Å². The molecule has 0 atom stereocenters. The fourth-order valence-corrected chi connectivity index (χ4v) is 2.10. The minimum Gasteiger partial charge on any atom is -0.357 e. The highest BCUT2D eigenvalue weighted by Crippen LogP contribution is 2.25. The third kappa shape index (κ3) is 1.64. The van der Waals surface area contributed by atoms with Crippen molar-refractivity contribution in [3.63, 3.8) is 0 Å². The summed E-state index contributed by atoms with van der Waals surface area (Å²) >= 11 is 0. The van der Waals surface area contributed by atoms with Gasteiger partial charge in [0, 0.05) is 19.2 Å². The number of rotatable bonds is 1. The Morgan fingerprint density at radius 2 is 2.25 bits per heavy atom. The van der Waals surface area contributed by atoms with Crippen LogP contribution in [0.1, 0.15) is 37.2 Å². The molecular weight excluding hydrogens is 204 g/mol. The molecule has 2 heterocycles. The van der Waals surface area contributed by atoms with Crippen molar-refractivity contribution < 1.29 is 9.59 Å². The quantitative estimate of drug-likeness (QED) is 0.781. The van der Waals surface area contributed by atoms with Crippen molar-refractivity contribution in [3.8, 4) is 0 Å². The number of hydrogen-bond acceptors (Lipinski definition) is 2. The third-order valence-corrected chi connectivity index (χ3v) is 3.22. The molecule has 4 nitrogen and oxygen atoms in total. The molecule has 0 aromatic carbocycles. The molecule has 1 N–H and O–H groups in total. The number of nitrogens with one attached hydrogen (secondary N) is 1. The van der Waals surface area contributed by atoms with Gasteiger partial charge in [0.1, 0.15) is 5.69 Å². The first-order chi connectivity index (χ1) is 7.53. The smallest absolute Gasteiger partial charge is 0.271 e. The number of Topliss-reactive ketones (excluding diaryl/α,β-unsaturated/α-hetero) is 1. The summed E-state index contributed by atoms with van der Waals surface area (Å²) in [5, 5.41) is 0. The molecule has 1 aromatic rings. The molecule has 0 aliphatic carbocycles. The number of carbonyl (C=O) groups is 2. The number of hydrogen-bond donors (Lipinski definition) is 1. The van der Waals surface area contributed by atoms with Crippen LogP contribution in [0.3, 0.4) is 0 Å². The Labute approximate surface area is 94.6 Å². The molecule has 1 fully saturated rings. The maximum Gasteiger partial charge on any atom is 0.271 e. The first-order valence-electron chi connectivity index (χ1n) is 5.52. The van der Waals surface area contributed by atoms with Crippen LogP contribution in [0, 0.1) is 0 Å². The predicted molar refractivity (Wildman–Crippen MR) is 60.1 cm³/mol. The maximum absolute atomic E-state index is 12.2. The Morgan fingerprint density at radius 1 is 1.50 bits per heavy atom. The second-order valence-electron chi connectivity index (χ2n) is 4.63. The van der Waals surface area contributed by atoms with E-state index in [0.29, 0.717) is 18.7 Å². The Kier molecular flexibility index (Phi) is 2.58. The van der Waals surface area contributed by atoms with Crippen LogP contribution in [0.15, 0.2) is 18.3 Å². The van der Waals surface area contributed by atoms with Gasteiger partial charge in [0.25, 0.3) is 5.91 Å². The molecule has 16 heavy (non-hydrogen) atoms. The zero-order valence-electron chi connectivity index (χ0n) is 9.62. The second kappa shape index (κ2) is 3.77. The van der Waals surface area contributed by atoms with Crippen molar-refractivity contribution in [2.75, 3.05) is 6.54 Å². The lowest BCUT2D eigenvalue weighted by molar-refractivity contribution is -0.130. The van der Waals surface area contributed by atoms with Gasteiger partial charge in [-0.25, -0.2) is 0 Å². The minimum atomic E-state index is -0.680. The highest BCUT2D eigenvalue weighted by molar-refractivity contribution is 5.99. The third-order valence-electron chi connectivity index (χ3n) is 3.22. The first-order valence-corrected chi connectivity index (χ1v) is 5.52. The van der Waals surface area contributed by atoms with Crippen LogP contribution >= 0.6 is 0 Å². The topological polar surface area (TPSA) is 53.2 Å². The summed E-state index contributed by atoms with van der Waals surface area (Å²) in [7, 11) is 0. The van der Waals surface area contributed by atoms with Gasteiger partial charge in [0.2, 0.25) is 0 Å². The number of ketones is 1. The van der Waals surface area contributed by atoms with E-state index in [2.05, 4.69) is 4.98 Å². The van der Waals surface area contributed by atoms with Crippen LogP contribution in [-0.2, 0) is 4.79 Å². The van der Waals surface area contributed by atoms with Gasteiger partial charge in [-0.1, -0.05) is 0 Å². The molecule has 2 rings (SSSR count). The van der Waals surface area contributed by atoms with E-state index in [1.165, 1.54) is 0 Å². The highest BCUT2D eigenvalue weighted by Gasteiger charge is 2.40. The van der Waals surface area contributed by atoms with Crippen molar-refractivity contribution in [1.82, 2.24) is 9.88 Å². The molecule has 0 bridgehead atoms. The number of nitrogens with zero attached hydrogens (tertiary/aromatic N) is 1. The lowest BCUT2D eigenvalue weighted by atomic mass is 9.88. The summed E-state index contributed by atoms with van der Waals surface area (Å²) in [6.07, 6.45) is 3.04. The van der Waals surface area contributed by atoms with Gasteiger partial charge in [0.15, 0.2) is 5.78 Å². The average molecular weight is 220 g/mol. The van der Waals surface area contributed by atoms with E-state index < -0.39 is 5.54 Å². The number of H-pyrrole nitrogens is 1. The van der Waals surface area contributed by atoms with Gasteiger partial charge in [-0.15, -0.1) is 0 Å². The fraction of sp³-hybridized carbons (Fsp3) is 0.500. The van der Waals surface area contributed by atoms with Gasteiger partial charge in [-0.2, -0.15) is 0 Å². The molecule has 1 aliphatic rings. The lowest BCUT2D eigenvalue weighted by Crippen LogP contribution is -2.56. The summed E-state index contributed by atoms with van der Waals surface area (Å²) in [5.41, 5.74) is -0.136. The molecule has 1 aliphatic heterocycles. The molecule has 0 spiro atoms. The molecule has 1 saturated heterocycles. The van der Waals surface area contributed by atoms with Crippen LogP contribution in [0.4, 0.5) is 0 Å². The zero-order chi connectivity index (χ0) is 11.8. The standard InChI is InChI=1S/C12H16N2O2/c1-12(2)10(15)6-4-8-14(12)11(16)9-5-3-7-13-9/h3,5,7,13H,4,6,8H2,1-2H3. The van der Waals surface area contributed by atoms with Gasteiger partial charge in [0.05, 0.1) is 5.54 Å².